The molecule has 0 saturated carbocycles. The van der Waals surface area contributed by atoms with Crippen LogP contribution in [0.5, 0.6) is 5.75 Å². The number of para-hydroxylation sites is 1. The Morgan fingerprint density at radius 3 is 2.39 bits per heavy atom. The molecule has 0 aliphatic carbocycles. The smallest absolute Gasteiger partial charge is 0.413 e. The van der Waals surface area contributed by atoms with Crippen molar-refractivity contribution in [1.82, 2.24) is 5.32 Å². The zero-order valence-electron chi connectivity index (χ0n) is 13.5. The number of nitrogens with one attached hydrogen (secondary N) is 1. The van der Waals surface area contributed by atoms with E-state index in [2.05, 4.69) is 17.0 Å². The number of unbranched alkanes of at least 4 members (excludes halogenated alkanes) is 3. The quantitative estimate of drug-likeness (QED) is 0.430. The number of methoxy groups -OCH3 is 1. The van der Waals surface area contributed by atoms with Crippen molar-refractivity contribution in [1.29, 1.82) is 0 Å². The van der Waals surface area contributed by atoms with Gasteiger partial charge < -0.3 is 14.8 Å². The predicted octanol–water partition coefficient (Wildman–Crippen LogP) is 2.86. The van der Waals surface area contributed by atoms with Crippen LogP contribution in [0.4, 0.5) is 4.79 Å². The number of ether oxygens (including phenoxy) is 2. The minimum Gasteiger partial charge on any atom is -0.467 e. The molecule has 0 aliphatic rings. The van der Waals surface area contributed by atoms with Gasteiger partial charge in [0.2, 0.25) is 0 Å². The molecule has 126 valence electrons. The highest BCUT2D eigenvalue weighted by atomic mass is 16.6. The number of amides is 1. The lowest BCUT2D eigenvalue weighted by Crippen LogP contribution is -2.48. The largest absolute Gasteiger partial charge is 0.467 e. The molecular weight excluding hydrogens is 298 g/mol. The molecule has 0 spiro atoms. The van der Waals surface area contributed by atoms with Crippen LogP contribution in [0.1, 0.15) is 39.0 Å². The van der Waals surface area contributed by atoms with Gasteiger partial charge in [0.25, 0.3) is 0 Å². The van der Waals surface area contributed by atoms with Crippen molar-refractivity contribution in [2.45, 2.75) is 45.1 Å². The van der Waals surface area contributed by atoms with Gasteiger partial charge in [-0.1, -0.05) is 44.4 Å². The fourth-order valence-electron chi connectivity index (χ4n) is 2.00. The van der Waals surface area contributed by atoms with Crippen molar-refractivity contribution in [2.24, 2.45) is 0 Å². The van der Waals surface area contributed by atoms with Crippen LogP contribution in [0.2, 0.25) is 0 Å². The number of rotatable bonds is 9. The van der Waals surface area contributed by atoms with Crippen molar-refractivity contribution in [3.05, 3.63) is 30.3 Å². The molecule has 0 heterocycles. The summed E-state index contributed by atoms with van der Waals surface area (Å²) in [6, 6.07) is 7.05. The zero-order chi connectivity index (χ0) is 17.1. The van der Waals surface area contributed by atoms with Crippen LogP contribution in [0.3, 0.4) is 0 Å². The van der Waals surface area contributed by atoms with Crippen LogP contribution in [0.25, 0.3) is 0 Å². The van der Waals surface area contributed by atoms with E-state index in [-0.39, 0.29) is 12.2 Å². The summed E-state index contributed by atoms with van der Waals surface area (Å²) in [5, 5.41) is 2.27. The average molecular weight is 321 g/mol. The summed E-state index contributed by atoms with van der Waals surface area (Å²) in [5.41, 5.74) is 0. The highest BCUT2D eigenvalue weighted by molar-refractivity contribution is 6.05. The molecule has 1 N–H and O–H groups in total. The molecule has 0 aromatic heterocycles. The van der Waals surface area contributed by atoms with Gasteiger partial charge in [-0.25, -0.2) is 9.59 Å². The van der Waals surface area contributed by atoms with Crippen molar-refractivity contribution in [3.63, 3.8) is 0 Å². The number of Topliss-reactive ketones (excluding diaryl/α,β-unsaturated/α-hetero) is 1. The molecule has 6 nitrogen and oxygen atoms in total. The highest BCUT2D eigenvalue weighted by Gasteiger charge is 2.29. The molecule has 0 radical (unpaired) electrons. The lowest BCUT2D eigenvalue weighted by molar-refractivity contribution is -0.146. The molecule has 1 rings (SSSR count). The van der Waals surface area contributed by atoms with Gasteiger partial charge in [0, 0.05) is 6.42 Å². The van der Waals surface area contributed by atoms with Crippen LogP contribution in [0, 0.1) is 0 Å². The summed E-state index contributed by atoms with van der Waals surface area (Å²) in [5.74, 6) is -0.850. The summed E-state index contributed by atoms with van der Waals surface area (Å²) in [7, 11) is 1.17. The molecular formula is C17H23NO5. The van der Waals surface area contributed by atoms with E-state index >= 15 is 0 Å². The molecule has 1 amide bonds. The van der Waals surface area contributed by atoms with Gasteiger partial charge in [-0.15, -0.1) is 0 Å². The van der Waals surface area contributed by atoms with Gasteiger partial charge in [-0.2, -0.15) is 0 Å². The first-order valence-corrected chi connectivity index (χ1v) is 7.72. The minimum atomic E-state index is -1.34. The molecule has 1 atom stereocenters. The Bertz CT molecular complexity index is 515. The Labute approximate surface area is 136 Å². The fraction of sp³-hybridized carbons (Fsp3) is 0.471. The van der Waals surface area contributed by atoms with Crippen LogP contribution in [-0.2, 0) is 14.3 Å². The minimum absolute atomic E-state index is 0.214. The maximum atomic E-state index is 12.1. The van der Waals surface area contributed by atoms with Crippen molar-refractivity contribution >= 4 is 17.8 Å². The third-order valence-corrected chi connectivity index (χ3v) is 3.25. The van der Waals surface area contributed by atoms with E-state index in [1.165, 1.54) is 7.11 Å². The topological polar surface area (TPSA) is 81.7 Å². The van der Waals surface area contributed by atoms with E-state index < -0.39 is 18.1 Å². The normalized spacial score (nSPS) is 11.4. The van der Waals surface area contributed by atoms with Crippen molar-refractivity contribution in [2.75, 3.05) is 7.11 Å². The molecule has 0 saturated heterocycles. The van der Waals surface area contributed by atoms with Crippen molar-refractivity contribution in [3.8, 4) is 5.75 Å². The van der Waals surface area contributed by atoms with E-state index in [0.717, 1.165) is 19.3 Å². The predicted molar refractivity (Wildman–Crippen MR) is 85.2 cm³/mol. The van der Waals surface area contributed by atoms with E-state index in [9.17, 15) is 14.4 Å². The van der Waals surface area contributed by atoms with Crippen LogP contribution >= 0.6 is 0 Å². The lowest BCUT2D eigenvalue weighted by Gasteiger charge is -2.15. The van der Waals surface area contributed by atoms with E-state index in [0.29, 0.717) is 12.2 Å². The summed E-state index contributed by atoms with van der Waals surface area (Å²) in [6.45, 7) is 2.07. The van der Waals surface area contributed by atoms with Gasteiger partial charge in [-0.05, 0) is 18.6 Å². The lowest BCUT2D eigenvalue weighted by atomic mass is 10.1. The second kappa shape index (κ2) is 10.4. The van der Waals surface area contributed by atoms with Gasteiger partial charge in [0.1, 0.15) is 5.75 Å². The second-order valence-electron chi connectivity index (χ2n) is 5.08. The SMILES string of the molecule is CCCCCCC(=O)C(NC(=O)Oc1ccccc1)C(=O)OC. The highest BCUT2D eigenvalue weighted by Crippen LogP contribution is 2.09. The number of esters is 1. The van der Waals surface area contributed by atoms with Crippen LogP contribution in [0.15, 0.2) is 30.3 Å². The molecule has 23 heavy (non-hydrogen) atoms. The number of hydrogen-bond donors (Lipinski definition) is 1. The number of ketones is 1. The van der Waals surface area contributed by atoms with E-state index in [1.54, 1.807) is 30.3 Å². The number of carbonyl (C=O) groups is 3. The Morgan fingerprint density at radius 2 is 1.78 bits per heavy atom. The van der Waals surface area contributed by atoms with E-state index in [1.807, 2.05) is 0 Å². The molecule has 1 aromatic rings. The van der Waals surface area contributed by atoms with Gasteiger partial charge in [0.05, 0.1) is 7.11 Å². The first kappa shape index (κ1) is 18.7. The van der Waals surface area contributed by atoms with Gasteiger partial charge in [-0.3, -0.25) is 4.79 Å². The van der Waals surface area contributed by atoms with Gasteiger partial charge in [0.15, 0.2) is 11.8 Å². The number of benzene rings is 1. The summed E-state index contributed by atoms with van der Waals surface area (Å²) in [6.07, 6.45) is 3.01. The first-order valence-electron chi connectivity index (χ1n) is 7.72. The third kappa shape index (κ3) is 6.95. The Hall–Kier alpha value is -2.37. The number of carbonyl (C=O) groups excluding carboxylic acids is 3. The standard InChI is InChI=1S/C17H23NO5/c1-3-4-5-9-12-14(19)15(16(20)22-2)18-17(21)23-13-10-7-6-8-11-13/h6-8,10-11,15H,3-5,9,12H2,1-2H3,(H,18,21). The van der Waals surface area contributed by atoms with Crippen LogP contribution in [-0.4, -0.2) is 31.0 Å². The first-order chi connectivity index (χ1) is 11.1. The second-order valence-corrected chi connectivity index (χ2v) is 5.08. The molecule has 0 fully saturated rings. The monoisotopic (exact) mass is 321 g/mol. The number of hydrogen-bond acceptors (Lipinski definition) is 5. The zero-order valence-corrected chi connectivity index (χ0v) is 13.5. The maximum absolute atomic E-state index is 12.1. The summed E-state index contributed by atoms with van der Waals surface area (Å²) < 4.78 is 9.60. The molecule has 6 heteroatoms. The third-order valence-electron chi connectivity index (χ3n) is 3.25. The fourth-order valence-corrected chi connectivity index (χ4v) is 2.00. The average Bonchev–Trinajstić information content (AvgIpc) is 2.56. The van der Waals surface area contributed by atoms with E-state index in [4.69, 9.17) is 4.74 Å². The van der Waals surface area contributed by atoms with Crippen molar-refractivity contribution < 1.29 is 23.9 Å². The Kier molecular flexibility index (Phi) is 8.42. The summed E-state index contributed by atoms with van der Waals surface area (Å²) in [4.78, 5) is 35.7. The molecule has 0 aliphatic heterocycles. The maximum Gasteiger partial charge on any atom is 0.413 e. The summed E-state index contributed by atoms with van der Waals surface area (Å²) >= 11 is 0. The molecule has 1 unspecified atom stereocenters. The molecule has 1 aromatic carbocycles. The Morgan fingerprint density at radius 1 is 1.09 bits per heavy atom. The van der Waals surface area contributed by atoms with Gasteiger partial charge >= 0.3 is 12.1 Å². The molecule has 0 bridgehead atoms. The van der Waals surface area contributed by atoms with Crippen LogP contribution < -0.4 is 10.1 Å². The Balaban J connectivity index is 2.58.